The molecule has 0 spiro atoms. The Morgan fingerprint density at radius 2 is 2.00 bits per heavy atom. The fourth-order valence-electron chi connectivity index (χ4n) is 1.82. The van der Waals surface area contributed by atoms with Crippen LogP contribution in [0.1, 0.15) is 13.8 Å². The zero-order valence-electron chi connectivity index (χ0n) is 9.80. The minimum Gasteiger partial charge on any atom is -0.464 e. The molecular formula is C12H15O4P. The molecular weight excluding hydrogens is 239 g/mol. The van der Waals surface area contributed by atoms with Crippen molar-refractivity contribution < 1.29 is 18.6 Å². The Bertz CT molecular complexity index is 441. The van der Waals surface area contributed by atoms with Crippen LogP contribution in [0.4, 0.5) is 0 Å². The van der Waals surface area contributed by atoms with Crippen LogP contribution < -0.4 is 4.52 Å². The van der Waals surface area contributed by atoms with Gasteiger partial charge in [-0.15, -0.1) is 0 Å². The van der Waals surface area contributed by atoms with Crippen molar-refractivity contribution in [2.45, 2.75) is 19.5 Å². The molecule has 5 heteroatoms. The largest absolute Gasteiger partial charge is 0.464 e. The molecule has 2 atom stereocenters. The molecule has 0 radical (unpaired) electrons. The molecule has 0 N–H and O–H groups in total. The van der Waals surface area contributed by atoms with E-state index in [1.165, 1.54) is 0 Å². The minimum atomic E-state index is -2.50. The van der Waals surface area contributed by atoms with E-state index in [-0.39, 0.29) is 0 Å². The second kappa shape index (κ2) is 4.53. The van der Waals surface area contributed by atoms with Gasteiger partial charge in [-0.05, 0) is 12.1 Å². The lowest BCUT2D eigenvalue weighted by molar-refractivity contribution is -0.137. The molecule has 1 aliphatic rings. The van der Waals surface area contributed by atoms with Gasteiger partial charge in [0.2, 0.25) is 0 Å². The number of cyclic esters (lactones) is 1. The molecule has 2 unspecified atom stereocenters. The highest BCUT2D eigenvalue weighted by atomic mass is 31.1. The molecule has 92 valence electrons. The Hall–Kier alpha value is -1.28. The maximum Gasteiger partial charge on any atom is 0.320 e. The quantitative estimate of drug-likeness (QED) is 0.614. The summed E-state index contributed by atoms with van der Waals surface area (Å²) in [6.07, 6.45) is 0. The molecule has 1 saturated heterocycles. The van der Waals surface area contributed by atoms with E-state index in [9.17, 15) is 9.36 Å². The van der Waals surface area contributed by atoms with E-state index in [0.29, 0.717) is 12.4 Å². The smallest absolute Gasteiger partial charge is 0.320 e. The third-order valence-electron chi connectivity index (χ3n) is 2.80. The zero-order chi connectivity index (χ0) is 12.5. The van der Waals surface area contributed by atoms with Gasteiger partial charge < -0.3 is 9.26 Å². The first-order valence-electron chi connectivity index (χ1n) is 5.44. The van der Waals surface area contributed by atoms with Gasteiger partial charge in [0.05, 0.1) is 6.61 Å². The molecule has 1 fully saturated rings. The Balaban J connectivity index is 2.13. The van der Waals surface area contributed by atoms with Crippen LogP contribution in [-0.2, 0) is 14.1 Å². The summed E-state index contributed by atoms with van der Waals surface area (Å²) in [4.78, 5) is 11.5. The van der Waals surface area contributed by atoms with Gasteiger partial charge in [-0.1, -0.05) is 32.0 Å². The number of hydrogen-bond donors (Lipinski definition) is 0. The van der Waals surface area contributed by atoms with Crippen LogP contribution >= 0.6 is 8.03 Å². The average molecular weight is 254 g/mol. The molecule has 1 aliphatic heterocycles. The molecule has 1 heterocycles. The van der Waals surface area contributed by atoms with E-state index in [2.05, 4.69) is 0 Å². The average Bonchev–Trinajstić information content (AvgIpc) is 2.54. The summed E-state index contributed by atoms with van der Waals surface area (Å²) in [5, 5.41) is 0. The number of ether oxygens (including phenoxy) is 1. The maximum atomic E-state index is 12.1. The monoisotopic (exact) mass is 254 g/mol. The Morgan fingerprint density at radius 1 is 1.35 bits per heavy atom. The normalized spacial score (nSPS) is 24.1. The van der Waals surface area contributed by atoms with Crippen LogP contribution in [0, 0.1) is 5.41 Å². The molecule has 17 heavy (non-hydrogen) atoms. The van der Waals surface area contributed by atoms with Crippen molar-refractivity contribution in [2.24, 2.45) is 5.41 Å². The van der Waals surface area contributed by atoms with Crippen molar-refractivity contribution in [1.82, 2.24) is 0 Å². The lowest BCUT2D eigenvalue weighted by Gasteiger charge is -2.21. The number of hydrogen-bond acceptors (Lipinski definition) is 4. The SMILES string of the molecule is CC1(C)COC(=O)C1[PH](=O)Oc1ccccc1. The van der Waals surface area contributed by atoms with Crippen LogP contribution in [0.3, 0.4) is 0 Å². The Kier molecular flexibility index (Phi) is 3.25. The summed E-state index contributed by atoms with van der Waals surface area (Å²) in [5.74, 6) is 0.0988. The molecule has 4 nitrogen and oxygen atoms in total. The van der Waals surface area contributed by atoms with E-state index in [0.717, 1.165) is 0 Å². The van der Waals surface area contributed by atoms with Gasteiger partial charge in [0.1, 0.15) is 11.4 Å². The van der Waals surface area contributed by atoms with Crippen LogP contribution in [0.2, 0.25) is 0 Å². The number of esters is 1. The summed E-state index contributed by atoms with van der Waals surface area (Å²) in [6.45, 7) is 4.02. The van der Waals surface area contributed by atoms with Gasteiger partial charge in [0.25, 0.3) is 8.03 Å². The summed E-state index contributed by atoms with van der Waals surface area (Å²) < 4.78 is 22.4. The summed E-state index contributed by atoms with van der Waals surface area (Å²) in [5.41, 5.74) is -1.09. The van der Waals surface area contributed by atoms with Crippen molar-refractivity contribution in [3.8, 4) is 5.75 Å². The van der Waals surface area contributed by atoms with Crippen molar-refractivity contribution >= 4 is 14.0 Å². The molecule has 0 aromatic heterocycles. The second-order valence-corrected chi connectivity index (χ2v) is 6.18. The van der Waals surface area contributed by atoms with Crippen LogP contribution in [-0.4, -0.2) is 18.2 Å². The van der Waals surface area contributed by atoms with E-state index in [1.54, 1.807) is 24.3 Å². The first-order valence-corrected chi connectivity index (χ1v) is 6.83. The molecule has 1 aromatic carbocycles. The highest BCUT2D eigenvalue weighted by Crippen LogP contribution is 2.45. The predicted octanol–water partition coefficient (Wildman–Crippen LogP) is 2.49. The van der Waals surface area contributed by atoms with Gasteiger partial charge >= 0.3 is 5.97 Å². The molecule has 0 saturated carbocycles. The molecule has 0 bridgehead atoms. The fourth-order valence-corrected chi connectivity index (χ4v) is 3.31. The van der Waals surface area contributed by atoms with E-state index in [1.807, 2.05) is 19.9 Å². The highest BCUT2D eigenvalue weighted by Gasteiger charge is 2.48. The van der Waals surface area contributed by atoms with Crippen molar-refractivity contribution in [1.29, 1.82) is 0 Å². The van der Waals surface area contributed by atoms with Gasteiger partial charge in [-0.25, -0.2) is 0 Å². The molecule has 2 rings (SSSR count). The van der Waals surface area contributed by atoms with Gasteiger partial charge in [0.15, 0.2) is 0 Å². The highest BCUT2D eigenvalue weighted by molar-refractivity contribution is 7.42. The lowest BCUT2D eigenvalue weighted by atomic mass is 9.92. The van der Waals surface area contributed by atoms with Crippen LogP contribution in [0.25, 0.3) is 0 Å². The number of para-hydroxylation sites is 1. The first-order chi connectivity index (χ1) is 8.00. The van der Waals surface area contributed by atoms with Crippen LogP contribution in [0.15, 0.2) is 30.3 Å². The number of carbonyl (C=O) groups is 1. The summed E-state index contributed by atoms with van der Waals surface area (Å²) in [7, 11) is -2.50. The number of rotatable bonds is 3. The van der Waals surface area contributed by atoms with E-state index < -0.39 is 25.1 Å². The van der Waals surface area contributed by atoms with E-state index in [4.69, 9.17) is 9.26 Å². The summed E-state index contributed by atoms with van der Waals surface area (Å²) >= 11 is 0. The zero-order valence-corrected chi connectivity index (χ0v) is 10.8. The van der Waals surface area contributed by atoms with Crippen molar-refractivity contribution in [3.05, 3.63) is 30.3 Å². The fraction of sp³-hybridized carbons (Fsp3) is 0.417. The lowest BCUT2D eigenvalue weighted by Crippen LogP contribution is -2.27. The molecule has 1 aromatic rings. The topological polar surface area (TPSA) is 52.6 Å². The predicted molar refractivity (Wildman–Crippen MR) is 64.6 cm³/mol. The minimum absolute atomic E-state index is 0.297. The number of benzene rings is 1. The standard InChI is InChI=1S/C12H15O4P/c1-12(2)8-15-11(13)10(12)17(14)16-9-6-4-3-5-7-9/h3-7,10,17H,8H2,1-2H3. The van der Waals surface area contributed by atoms with Gasteiger partial charge in [0, 0.05) is 5.41 Å². The Morgan fingerprint density at radius 3 is 2.53 bits per heavy atom. The van der Waals surface area contributed by atoms with Crippen LogP contribution in [0.5, 0.6) is 5.75 Å². The van der Waals surface area contributed by atoms with Gasteiger partial charge in [-0.3, -0.25) is 9.36 Å². The van der Waals surface area contributed by atoms with Crippen molar-refractivity contribution in [3.63, 3.8) is 0 Å². The van der Waals surface area contributed by atoms with Crippen molar-refractivity contribution in [2.75, 3.05) is 6.61 Å². The maximum absolute atomic E-state index is 12.1. The Labute approximate surface area is 101 Å². The second-order valence-electron chi connectivity index (χ2n) is 4.76. The number of carbonyl (C=O) groups excluding carboxylic acids is 1. The summed E-state index contributed by atoms with van der Waals surface area (Å²) in [6, 6.07) is 8.87. The van der Waals surface area contributed by atoms with E-state index >= 15 is 0 Å². The third kappa shape index (κ3) is 2.52. The molecule has 0 aliphatic carbocycles. The molecule has 0 amide bonds. The van der Waals surface area contributed by atoms with Gasteiger partial charge in [-0.2, -0.15) is 0 Å². The first kappa shape index (κ1) is 12.2. The third-order valence-corrected chi connectivity index (χ3v) is 4.73.